The molecule has 0 amide bonds. The molecule has 2 aliphatic carbocycles. The van der Waals surface area contributed by atoms with Crippen LogP contribution in [0.4, 0.5) is 0 Å². The summed E-state index contributed by atoms with van der Waals surface area (Å²) in [6.45, 7) is 14.2. The molecular formula is C22H32O5. The van der Waals surface area contributed by atoms with Crippen molar-refractivity contribution < 1.29 is 23.8 Å². The van der Waals surface area contributed by atoms with Gasteiger partial charge in [0.05, 0.1) is 23.4 Å². The lowest BCUT2D eigenvalue weighted by Crippen LogP contribution is -2.49. The molecule has 0 aromatic heterocycles. The minimum Gasteiger partial charge on any atom is -0.462 e. The van der Waals surface area contributed by atoms with Crippen molar-refractivity contribution >= 4 is 11.8 Å². The van der Waals surface area contributed by atoms with Gasteiger partial charge in [-0.15, -0.1) is 0 Å². The predicted octanol–water partition coefficient (Wildman–Crippen LogP) is 3.59. The maximum absolute atomic E-state index is 12.8. The normalized spacial score (nSPS) is 48.4. The van der Waals surface area contributed by atoms with E-state index in [9.17, 15) is 9.59 Å². The highest BCUT2D eigenvalue weighted by molar-refractivity contribution is 5.96. The van der Waals surface area contributed by atoms with E-state index in [1.165, 1.54) is 6.92 Å². The van der Waals surface area contributed by atoms with Crippen molar-refractivity contribution in [2.45, 2.75) is 96.2 Å². The number of hydrogen-bond donors (Lipinski definition) is 0. The highest BCUT2D eigenvalue weighted by Crippen LogP contribution is 2.57. The lowest BCUT2D eigenvalue weighted by Gasteiger charge is -2.48. The van der Waals surface area contributed by atoms with Gasteiger partial charge in [-0.3, -0.25) is 9.59 Å². The Bertz CT molecular complexity index is 697. The first-order chi connectivity index (χ1) is 12.5. The van der Waals surface area contributed by atoms with Crippen LogP contribution in [0.15, 0.2) is 12.2 Å². The second kappa shape index (κ2) is 5.90. The average Bonchev–Trinajstić information content (AvgIpc) is 3.38. The quantitative estimate of drug-likeness (QED) is 0.397. The molecule has 2 heterocycles. The fraction of sp³-hybridized carbons (Fsp3) is 0.818. The van der Waals surface area contributed by atoms with E-state index in [1.54, 1.807) is 0 Å². The smallest absolute Gasteiger partial charge is 0.302 e. The molecule has 2 bridgehead atoms. The van der Waals surface area contributed by atoms with Crippen molar-refractivity contribution in [3.8, 4) is 0 Å². The molecule has 0 aromatic rings. The number of carbonyl (C=O) groups is 2. The third-order valence-corrected chi connectivity index (χ3v) is 7.79. The number of fused-ring (bicyclic) bond motifs is 4. The SMILES string of the molecule is C=C1C(=O)C[C@H]2C[C@@H]3O[C@@]3(C)CC[C@H]3O[C@@]3(C)C[C@@H](OC(C)=O)[C@H]1C2(C)C. The van der Waals surface area contributed by atoms with Gasteiger partial charge in [0.1, 0.15) is 6.10 Å². The van der Waals surface area contributed by atoms with Gasteiger partial charge in [0.25, 0.3) is 0 Å². The molecule has 5 heteroatoms. The van der Waals surface area contributed by atoms with E-state index in [2.05, 4.69) is 34.3 Å². The Morgan fingerprint density at radius 1 is 1.15 bits per heavy atom. The zero-order valence-corrected chi connectivity index (χ0v) is 17.2. The molecule has 7 atom stereocenters. The summed E-state index contributed by atoms with van der Waals surface area (Å²) < 4.78 is 17.9. The average molecular weight is 376 g/mol. The Kier molecular flexibility index (Phi) is 4.18. The third kappa shape index (κ3) is 3.17. The summed E-state index contributed by atoms with van der Waals surface area (Å²) in [7, 11) is 0. The summed E-state index contributed by atoms with van der Waals surface area (Å²) in [5.41, 5.74) is -0.0192. The van der Waals surface area contributed by atoms with Crippen LogP contribution in [0, 0.1) is 17.3 Å². The molecule has 4 fully saturated rings. The molecule has 4 aliphatic rings. The number of ether oxygens (including phenoxy) is 3. The van der Waals surface area contributed by atoms with Crippen LogP contribution in [0.25, 0.3) is 0 Å². The Balaban J connectivity index is 1.72. The van der Waals surface area contributed by atoms with Gasteiger partial charge in [0.2, 0.25) is 0 Å². The number of hydrogen-bond acceptors (Lipinski definition) is 5. The molecule has 2 aliphatic heterocycles. The van der Waals surface area contributed by atoms with Crippen molar-refractivity contribution in [3.63, 3.8) is 0 Å². The first-order valence-electron chi connectivity index (χ1n) is 10.2. The summed E-state index contributed by atoms with van der Waals surface area (Å²) in [5, 5.41) is 0. The largest absolute Gasteiger partial charge is 0.462 e. The monoisotopic (exact) mass is 376 g/mol. The minimum absolute atomic E-state index is 0.0928. The molecule has 0 unspecified atom stereocenters. The zero-order valence-electron chi connectivity index (χ0n) is 17.2. The molecule has 0 N–H and O–H groups in total. The van der Waals surface area contributed by atoms with Gasteiger partial charge in [0.15, 0.2) is 5.78 Å². The van der Waals surface area contributed by atoms with E-state index in [1.807, 2.05) is 0 Å². The molecule has 2 saturated carbocycles. The second-order valence-electron chi connectivity index (χ2n) is 10.1. The lowest BCUT2D eigenvalue weighted by atomic mass is 9.56. The zero-order chi connectivity index (χ0) is 19.8. The maximum atomic E-state index is 12.8. The molecule has 2 saturated heterocycles. The molecule has 0 spiro atoms. The minimum atomic E-state index is -0.391. The highest BCUT2D eigenvalue weighted by Gasteiger charge is 2.62. The molecule has 0 aromatic carbocycles. The van der Waals surface area contributed by atoms with Crippen LogP contribution in [-0.2, 0) is 23.8 Å². The van der Waals surface area contributed by atoms with Crippen LogP contribution in [0.5, 0.6) is 0 Å². The first kappa shape index (κ1) is 19.1. The van der Waals surface area contributed by atoms with E-state index >= 15 is 0 Å². The molecule has 150 valence electrons. The number of ketones is 1. The standard InChI is InChI=1S/C22H32O5/c1-12-15(24)9-14-10-18-21(5,27-18)8-7-17-22(6,26-17)11-16(25-13(2)23)19(12)20(14,3)4/h14,16-19H,1,7-11H2,2-6H3/t14-,16+,17+,18-,19-,21-,22-/m0/s1. The molecule has 5 nitrogen and oxygen atoms in total. The van der Waals surface area contributed by atoms with Crippen LogP contribution >= 0.6 is 0 Å². The van der Waals surface area contributed by atoms with Crippen LogP contribution < -0.4 is 0 Å². The molecular weight excluding hydrogens is 344 g/mol. The summed E-state index contributed by atoms with van der Waals surface area (Å²) in [6.07, 6.45) is 3.85. The molecule has 0 radical (unpaired) electrons. The van der Waals surface area contributed by atoms with Crippen LogP contribution in [-0.4, -0.2) is 41.3 Å². The van der Waals surface area contributed by atoms with Crippen molar-refractivity contribution in [2.75, 3.05) is 0 Å². The van der Waals surface area contributed by atoms with Crippen LogP contribution in [0.3, 0.4) is 0 Å². The topological polar surface area (TPSA) is 68.4 Å². The van der Waals surface area contributed by atoms with E-state index < -0.39 is 6.10 Å². The second-order valence-corrected chi connectivity index (χ2v) is 10.1. The van der Waals surface area contributed by atoms with Crippen LogP contribution in [0.1, 0.15) is 66.7 Å². The fourth-order valence-electron chi connectivity index (χ4n) is 5.74. The van der Waals surface area contributed by atoms with Crippen LogP contribution in [0.2, 0.25) is 0 Å². The maximum Gasteiger partial charge on any atom is 0.302 e. The van der Waals surface area contributed by atoms with E-state index in [0.29, 0.717) is 18.4 Å². The first-order valence-corrected chi connectivity index (χ1v) is 10.2. The Morgan fingerprint density at radius 2 is 1.81 bits per heavy atom. The Morgan fingerprint density at radius 3 is 2.48 bits per heavy atom. The lowest BCUT2D eigenvalue weighted by molar-refractivity contribution is -0.155. The number of carbonyl (C=O) groups excluding carboxylic acids is 2. The van der Waals surface area contributed by atoms with Gasteiger partial charge in [-0.2, -0.15) is 0 Å². The van der Waals surface area contributed by atoms with Gasteiger partial charge < -0.3 is 14.2 Å². The van der Waals surface area contributed by atoms with Crippen molar-refractivity contribution in [3.05, 3.63) is 12.2 Å². The summed E-state index contributed by atoms with van der Waals surface area (Å²) in [4.78, 5) is 24.7. The third-order valence-electron chi connectivity index (χ3n) is 7.79. The number of epoxide rings is 2. The summed E-state index contributed by atoms with van der Waals surface area (Å²) >= 11 is 0. The van der Waals surface area contributed by atoms with Gasteiger partial charge >= 0.3 is 5.97 Å². The number of rotatable bonds is 1. The van der Waals surface area contributed by atoms with Gasteiger partial charge in [-0.25, -0.2) is 0 Å². The summed E-state index contributed by atoms with van der Waals surface area (Å²) in [6, 6.07) is 0. The van der Waals surface area contributed by atoms with Crippen molar-refractivity contribution in [2.24, 2.45) is 17.3 Å². The molecule has 4 rings (SSSR count). The van der Waals surface area contributed by atoms with Crippen molar-refractivity contribution in [1.29, 1.82) is 0 Å². The van der Waals surface area contributed by atoms with E-state index in [4.69, 9.17) is 14.2 Å². The van der Waals surface area contributed by atoms with Gasteiger partial charge in [-0.05, 0) is 50.0 Å². The highest BCUT2D eigenvalue weighted by atomic mass is 16.6. The van der Waals surface area contributed by atoms with Gasteiger partial charge in [-0.1, -0.05) is 20.4 Å². The van der Waals surface area contributed by atoms with Crippen molar-refractivity contribution in [1.82, 2.24) is 0 Å². The number of esters is 1. The Hall–Kier alpha value is -1.20. The summed E-state index contributed by atoms with van der Waals surface area (Å²) in [5.74, 6) is -0.226. The predicted molar refractivity (Wildman–Crippen MR) is 100 cm³/mol. The van der Waals surface area contributed by atoms with E-state index in [0.717, 1.165) is 19.3 Å². The Labute approximate surface area is 161 Å². The van der Waals surface area contributed by atoms with Gasteiger partial charge in [0, 0.05) is 25.7 Å². The fourth-order valence-corrected chi connectivity index (χ4v) is 5.74. The number of Topliss-reactive ketones (excluding diaryl/α,β-unsaturated/α-hetero) is 1. The molecule has 27 heavy (non-hydrogen) atoms. The van der Waals surface area contributed by atoms with E-state index in [-0.39, 0.29) is 52.4 Å².